The van der Waals surface area contributed by atoms with Crippen LogP contribution in [-0.4, -0.2) is 13.1 Å². The van der Waals surface area contributed by atoms with Crippen LogP contribution in [0.3, 0.4) is 0 Å². The second kappa shape index (κ2) is 11.0. The molecule has 0 unspecified atom stereocenters. The van der Waals surface area contributed by atoms with Crippen LogP contribution in [0, 0.1) is 11.3 Å². The average Bonchev–Trinajstić information content (AvgIpc) is 2.55. The molecule has 0 amide bonds. The Morgan fingerprint density at radius 1 is 1.29 bits per heavy atom. The van der Waals surface area contributed by atoms with Gasteiger partial charge in [-0.25, -0.2) is 4.79 Å². The Labute approximate surface area is 126 Å². The third-order valence-corrected chi connectivity index (χ3v) is 2.47. The first-order valence-electron chi connectivity index (χ1n) is 6.26. The fraction of sp³-hybridized carbons (Fsp3) is 0.111. The minimum atomic E-state index is -0.322. The van der Waals surface area contributed by atoms with Crippen LogP contribution < -0.4 is 0 Å². The minimum Gasteiger partial charge on any atom is -0.466 e. The molecule has 1 rings (SSSR count). The first kappa shape index (κ1) is 18.1. The standard InChI is InChI=1S/C15H16O2.C3H3N/c1-4-5-11-14(12(2)15(16)17-3)13-9-7-6-8-10-13;1-2-3-4/h4-11H,1H2,2-3H3;2H,1H2. The van der Waals surface area contributed by atoms with E-state index in [-0.39, 0.29) is 5.97 Å². The van der Waals surface area contributed by atoms with Crippen molar-refractivity contribution in [3.8, 4) is 6.07 Å². The maximum absolute atomic E-state index is 11.5. The van der Waals surface area contributed by atoms with Crippen molar-refractivity contribution in [3.63, 3.8) is 0 Å². The fourth-order valence-electron chi connectivity index (χ4n) is 1.48. The van der Waals surface area contributed by atoms with Crippen molar-refractivity contribution < 1.29 is 9.53 Å². The molecule has 0 spiro atoms. The molecular weight excluding hydrogens is 262 g/mol. The highest BCUT2D eigenvalue weighted by Gasteiger charge is 2.10. The highest BCUT2D eigenvalue weighted by molar-refractivity contribution is 5.99. The van der Waals surface area contributed by atoms with Gasteiger partial charge in [-0.1, -0.05) is 61.7 Å². The third-order valence-electron chi connectivity index (χ3n) is 2.47. The van der Waals surface area contributed by atoms with Crippen LogP contribution >= 0.6 is 0 Å². The van der Waals surface area contributed by atoms with E-state index in [9.17, 15) is 4.79 Å². The molecule has 0 atom stereocenters. The number of esters is 1. The molecule has 108 valence electrons. The Bertz CT molecular complexity index is 575. The van der Waals surface area contributed by atoms with Gasteiger partial charge in [0.25, 0.3) is 0 Å². The van der Waals surface area contributed by atoms with E-state index in [1.54, 1.807) is 25.1 Å². The maximum atomic E-state index is 11.5. The van der Waals surface area contributed by atoms with Crippen LogP contribution in [-0.2, 0) is 9.53 Å². The van der Waals surface area contributed by atoms with E-state index in [2.05, 4.69) is 13.2 Å². The predicted molar refractivity (Wildman–Crippen MR) is 86.2 cm³/mol. The van der Waals surface area contributed by atoms with E-state index >= 15 is 0 Å². The van der Waals surface area contributed by atoms with Crippen molar-refractivity contribution in [2.24, 2.45) is 0 Å². The molecule has 3 nitrogen and oxygen atoms in total. The summed E-state index contributed by atoms with van der Waals surface area (Å²) < 4.78 is 4.74. The molecule has 3 heteroatoms. The number of benzene rings is 1. The fourth-order valence-corrected chi connectivity index (χ4v) is 1.48. The third kappa shape index (κ3) is 6.74. The van der Waals surface area contributed by atoms with Gasteiger partial charge in [-0.05, 0) is 18.1 Å². The zero-order valence-electron chi connectivity index (χ0n) is 12.4. The summed E-state index contributed by atoms with van der Waals surface area (Å²) in [6.07, 6.45) is 6.51. The summed E-state index contributed by atoms with van der Waals surface area (Å²) in [5.74, 6) is -0.322. The molecule has 0 N–H and O–H groups in total. The van der Waals surface area contributed by atoms with Crippen LogP contribution in [0.25, 0.3) is 5.57 Å². The summed E-state index contributed by atoms with van der Waals surface area (Å²) in [6, 6.07) is 11.4. The predicted octanol–water partition coefficient (Wildman–Crippen LogP) is 4.07. The number of nitriles is 1. The van der Waals surface area contributed by atoms with Crippen molar-refractivity contribution >= 4 is 11.5 Å². The van der Waals surface area contributed by atoms with Gasteiger partial charge < -0.3 is 4.74 Å². The van der Waals surface area contributed by atoms with Crippen molar-refractivity contribution in [1.82, 2.24) is 0 Å². The number of methoxy groups -OCH3 is 1. The number of hydrogen-bond acceptors (Lipinski definition) is 3. The zero-order valence-corrected chi connectivity index (χ0v) is 12.4. The number of nitrogens with zero attached hydrogens (tertiary/aromatic N) is 1. The van der Waals surface area contributed by atoms with Crippen LogP contribution in [0.1, 0.15) is 12.5 Å². The second-order valence-corrected chi connectivity index (χ2v) is 3.82. The number of hydrogen-bond donors (Lipinski definition) is 0. The molecule has 0 aliphatic carbocycles. The number of carbonyl (C=O) groups excluding carboxylic acids is 1. The van der Waals surface area contributed by atoms with Gasteiger partial charge in [-0.3, -0.25) is 0 Å². The monoisotopic (exact) mass is 281 g/mol. The lowest BCUT2D eigenvalue weighted by Crippen LogP contribution is -2.04. The first-order valence-corrected chi connectivity index (χ1v) is 6.26. The lowest BCUT2D eigenvalue weighted by Gasteiger charge is -2.07. The van der Waals surface area contributed by atoms with Gasteiger partial charge in [-0.15, -0.1) is 0 Å². The molecule has 0 saturated carbocycles. The number of allylic oxidation sites excluding steroid dienone is 5. The van der Waals surface area contributed by atoms with E-state index in [0.717, 1.165) is 11.1 Å². The van der Waals surface area contributed by atoms with Gasteiger partial charge >= 0.3 is 5.97 Å². The Balaban J connectivity index is 0.000000885. The largest absolute Gasteiger partial charge is 0.466 e. The Morgan fingerprint density at radius 3 is 2.29 bits per heavy atom. The second-order valence-electron chi connectivity index (χ2n) is 3.82. The Hall–Kier alpha value is -2.86. The maximum Gasteiger partial charge on any atom is 0.334 e. The lowest BCUT2D eigenvalue weighted by atomic mass is 10.0. The molecule has 0 aliphatic heterocycles. The highest BCUT2D eigenvalue weighted by atomic mass is 16.5. The SMILES string of the molecule is C=CC#N.C=CC=CC(=C(C)C(=O)OC)c1ccccc1. The molecule has 0 aromatic heterocycles. The van der Waals surface area contributed by atoms with E-state index in [0.29, 0.717) is 5.57 Å². The van der Waals surface area contributed by atoms with Gasteiger partial charge in [-0.2, -0.15) is 5.26 Å². The van der Waals surface area contributed by atoms with E-state index < -0.39 is 0 Å². The van der Waals surface area contributed by atoms with E-state index in [1.807, 2.05) is 36.4 Å². The van der Waals surface area contributed by atoms with Crippen molar-refractivity contribution in [2.75, 3.05) is 7.11 Å². The lowest BCUT2D eigenvalue weighted by molar-refractivity contribution is -0.135. The minimum absolute atomic E-state index is 0.322. The topological polar surface area (TPSA) is 50.1 Å². The quantitative estimate of drug-likeness (QED) is 0.362. The smallest absolute Gasteiger partial charge is 0.334 e. The average molecular weight is 281 g/mol. The van der Waals surface area contributed by atoms with Crippen molar-refractivity contribution in [1.29, 1.82) is 5.26 Å². The van der Waals surface area contributed by atoms with Crippen molar-refractivity contribution in [2.45, 2.75) is 6.92 Å². The molecule has 0 heterocycles. The van der Waals surface area contributed by atoms with Crippen LogP contribution in [0.15, 0.2) is 73.4 Å². The number of carbonyl (C=O) groups is 1. The summed E-state index contributed by atoms with van der Waals surface area (Å²) in [5.41, 5.74) is 2.41. The molecule has 0 bridgehead atoms. The highest BCUT2D eigenvalue weighted by Crippen LogP contribution is 2.20. The number of rotatable bonds is 4. The van der Waals surface area contributed by atoms with Gasteiger partial charge in [0.15, 0.2) is 0 Å². The number of ether oxygens (including phenoxy) is 1. The van der Waals surface area contributed by atoms with E-state index in [1.165, 1.54) is 13.2 Å². The van der Waals surface area contributed by atoms with Crippen LogP contribution in [0.4, 0.5) is 0 Å². The summed E-state index contributed by atoms with van der Waals surface area (Å²) in [5, 5.41) is 7.51. The Morgan fingerprint density at radius 2 is 1.86 bits per heavy atom. The molecule has 0 aliphatic rings. The first-order chi connectivity index (χ1) is 10.1. The molecular formula is C18H19NO2. The molecule has 21 heavy (non-hydrogen) atoms. The zero-order chi connectivity index (χ0) is 16.1. The molecule has 1 aromatic carbocycles. The Kier molecular flexibility index (Phi) is 9.51. The summed E-state index contributed by atoms with van der Waals surface area (Å²) in [7, 11) is 1.38. The summed E-state index contributed by atoms with van der Waals surface area (Å²) in [6.45, 7) is 8.49. The van der Waals surface area contributed by atoms with Crippen LogP contribution in [0.5, 0.6) is 0 Å². The van der Waals surface area contributed by atoms with Gasteiger partial charge in [0.05, 0.1) is 13.2 Å². The van der Waals surface area contributed by atoms with Gasteiger partial charge in [0.1, 0.15) is 0 Å². The molecule has 0 radical (unpaired) electrons. The summed E-state index contributed by atoms with van der Waals surface area (Å²) >= 11 is 0. The van der Waals surface area contributed by atoms with E-state index in [4.69, 9.17) is 10.00 Å². The van der Waals surface area contributed by atoms with Crippen molar-refractivity contribution in [3.05, 3.63) is 78.9 Å². The van der Waals surface area contributed by atoms with Gasteiger partial charge in [0.2, 0.25) is 0 Å². The molecule has 1 aromatic rings. The van der Waals surface area contributed by atoms with Crippen LogP contribution in [0.2, 0.25) is 0 Å². The van der Waals surface area contributed by atoms with Gasteiger partial charge in [0, 0.05) is 11.6 Å². The molecule has 0 saturated heterocycles. The normalized spacial score (nSPS) is 10.5. The summed E-state index contributed by atoms with van der Waals surface area (Å²) in [4.78, 5) is 11.5. The molecule has 0 fully saturated rings.